The lowest BCUT2D eigenvalue weighted by atomic mass is 10.2. The van der Waals surface area contributed by atoms with E-state index in [9.17, 15) is 4.79 Å². The zero-order valence-corrected chi connectivity index (χ0v) is 11.3. The third-order valence-corrected chi connectivity index (χ3v) is 2.92. The second-order valence-electron chi connectivity index (χ2n) is 4.20. The molecule has 0 saturated carbocycles. The summed E-state index contributed by atoms with van der Waals surface area (Å²) in [5.41, 5.74) is 1.21. The molecule has 100 valence electrons. The van der Waals surface area contributed by atoms with E-state index < -0.39 is 0 Å². The fraction of sp³-hybridized carbons (Fsp3) is 0.538. The molecule has 18 heavy (non-hydrogen) atoms. The predicted octanol–water partition coefficient (Wildman–Crippen LogP) is 2.33. The van der Waals surface area contributed by atoms with Crippen LogP contribution in [0.5, 0.6) is 0 Å². The molecule has 0 saturated heterocycles. The first-order chi connectivity index (χ1) is 8.65. The van der Waals surface area contributed by atoms with Crippen LogP contribution in [-0.4, -0.2) is 29.1 Å². The van der Waals surface area contributed by atoms with Crippen molar-refractivity contribution in [1.29, 1.82) is 0 Å². The quantitative estimate of drug-likeness (QED) is 0.748. The summed E-state index contributed by atoms with van der Waals surface area (Å²) >= 11 is 5.98. The van der Waals surface area contributed by atoms with Crippen molar-refractivity contribution in [2.45, 2.75) is 32.6 Å². The van der Waals surface area contributed by atoms with Gasteiger partial charge in [-0.3, -0.25) is 9.78 Å². The number of halogens is 1. The number of nitrogens with zero attached hydrogens (tertiary/aromatic N) is 1. The molecule has 0 radical (unpaired) electrons. The Morgan fingerprint density at radius 2 is 2.11 bits per heavy atom. The van der Waals surface area contributed by atoms with Crippen molar-refractivity contribution in [1.82, 2.24) is 10.3 Å². The Balaban J connectivity index is 2.32. The average Bonchev–Trinajstić information content (AvgIpc) is 2.33. The van der Waals surface area contributed by atoms with Gasteiger partial charge in [-0.05, 0) is 25.8 Å². The molecule has 5 heteroatoms. The van der Waals surface area contributed by atoms with Crippen LogP contribution in [0.1, 0.15) is 41.7 Å². The van der Waals surface area contributed by atoms with Crippen LogP contribution in [0, 0.1) is 6.92 Å². The molecule has 0 aliphatic rings. The van der Waals surface area contributed by atoms with E-state index in [1.807, 2.05) is 6.92 Å². The van der Waals surface area contributed by atoms with Gasteiger partial charge in [0.1, 0.15) is 0 Å². The van der Waals surface area contributed by atoms with Crippen molar-refractivity contribution in [2.75, 3.05) is 13.2 Å². The first kappa shape index (κ1) is 14.9. The zero-order valence-electron chi connectivity index (χ0n) is 10.6. The summed E-state index contributed by atoms with van der Waals surface area (Å²) in [7, 11) is 0. The molecular weight excluding hydrogens is 252 g/mol. The first-order valence-electron chi connectivity index (χ1n) is 6.16. The number of aliphatic hydroxyl groups excluding tert-OH is 1. The number of nitrogens with one attached hydrogen (secondary N) is 1. The molecule has 0 aliphatic carbocycles. The number of hydrogen-bond donors (Lipinski definition) is 2. The molecule has 0 fully saturated rings. The number of rotatable bonds is 7. The minimum absolute atomic E-state index is 0.186. The number of hydrogen-bond acceptors (Lipinski definition) is 3. The standard InChI is InChI=1S/C13H19ClN2O2/c1-10-8-12(14)11(9-16-10)13(18)15-6-4-2-3-5-7-17/h8-9,17H,2-7H2,1H3,(H,15,18). The molecular formula is C13H19ClN2O2. The Morgan fingerprint density at radius 1 is 1.39 bits per heavy atom. The molecule has 0 unspecified atom stereocenters. The van der Waals surface area contributed by atoms with Gasteiger partial charge in [0.25, 0.3) is 5.91 Å². The number of aliphatic hydroxyl groups is 1. The number of carbonyl (C=O) groups is 1. The van der Waals surface area contributed by atoms with E-state index in [2.05, 4.69) is 10.3 Å². The highest BCUT2D eigenvalue weighted by Crippen LogP contribution is 2.15. The fourth-order valence-electron chi connectivity index (χ4n) is 1.58. The van der Waals surface area contributed by atoms with Crippen molar-refractivity contribution < 1.29 is 9.90 Å². The molecule has 0 aromatic carbocycles. The number of pyridine rings is 1. The number of unbranched alkanes of at least 4 members (excludes halogenated alkanes) is 3. The van der Waals surface area contributed by atoms with Crippen molar-refractivity contribution in [3.8, 4) is 0 Å². The van der Waals surface area contributed by atoms with E-state index in [0.717, 1.165) is 31.4 Å². The van der Waals surface area contributed by atoms with Crippen LogP contribution in [0.4, 0.5) is 0 Å². The highest BCUT2D eigenvalue weighted by atomic mass is 35.5. The maximum atomic E-state index is 11.8. The van der Waals surface area contributed by atoms with Crippen LogP contribution in [-0.2, 0) is 0 Å². The van der Waals surface area contributed by atoms with Crippen molar-refractivity contribution in [3.05, 3.63) is 28.5 Å². The summed E-state index contributed by atoms with van der Waals surface area (Å²) in [6.07, 6.45) is 5.21. The summed E-state index contributed by atoms with van der Waals surface area (Å²) in [5, 5.41) is 11.9. The highest BCUT2D eigenvalue weighted by molar-refractivity contribution is 6.33. The first-order valence-corrected chi connectivity index (χ1v) is 6.54. The molecule has 1 heterocycles. The maximum Gasteiger partial charge on any atom is 0.254 e. The molecule has 0 aliphatic heterocycles. The van der Waals surface area contributed by atoms with Crippen LogP contribution in [0.25, 0.3) is 0 Å². The molecule has 0 bridgehead atoms. The molecule has 1 amide bonds. The van der Waals surface area contributed by atoms with Crippen molar-refractivity contribution in [2.24, 2.45) is 0 Å². The molecule has 4 nitrogen and oxygen atoms in total. The largest absolute Gasteiger partial charge is 0.396 e. The van der Waals surface area contributed by atoms with Crippen LogP contribution in [0.2, 0.25) is 5.02 Å². The number of aromatic nitrogens is 1. The Hall–Kier alpha value is -1.13. The lowest BCUT2D eigenvalue weighted by molar-refractivity contribution is 0.0952. The van der Waals surface area contributed by atoms with E-state index in [1.165, 1.54) is 6.20 Å². The van der Waals surface area contributed by atoms with E-state index in [4.69, 9.17) is 16.7 Å². The van der Waals surface area contributed by atoms with E-state index in [1.54, 1.807) is 6.07 Å². The highest BCUT2D eigenvalue weighted by Gasteiger charge is 2.10. The van der Waals surface area contributed by atoms with Gasteiger partial charge in [0.15, 0.2) is 0 Å². The Kier molecular flexibility index (Phi) is 6.68. The monoisotopic (exact) mass is 270 g/mol. The summed E-state index contributed by atoms with van der Waals surface area (Å²) in [6, 6.07) is 1.68. The van der Waals surface area contributed by atoms with Crippen LogP contribution in [0.3, 0.4) is 0 Å². The zero-order chi connectivity index (χ0) is 13.4. The Labute approximate surface area is 112 Å². The minimum Gasteiger partial charge on any atom is -0.396 e. The molecule has 1 aromatic heterocycles. The van der Waals surface area contributed by atoms with E-state index in [-0.39, 0.29) is 12.5 Å². The van der Waals surface area contributed by atoms with E-state index in [0.29, 0.717) is 17.1 Å². The molecule has 0 atom stereocenters. The maximum absolute atomic E-state index is 11.8. The Bertz CT molecular complexity index is 397. The summed E-state index contributed by atoms with van der Waals surface area (Å²) in [4.78, 5) is 15.8. The van der Waals surface area contributed by atoms with E-state index >= 15 is 0 Å². The third-order valence-electron chi connectivity index (χ3n) is 2.61. The Morgan fingerprint density at radius 3 is 2.78 bits per heavy atom. The van der Waals surface area contributed by atoms with Gasteiger partial charge in [0.2, 0.25) is 0 Å². The average molecular weight is 271 g/mol. The van der Waals surface area contributed by atoms with Crippen LogP contribution < -0.4 is 5.32 Å². The van der Waals surface area contributed by atoms with Gasteiger partial charge in [-0.1, -0.05) is 24.4 Å². The van der Waals surface area contributed by atoms with Crippen LogP contribution in [0.15, 0.2) is 12.3 Å². The van der Waals surface area contributed by atoms with Gasteiger partial charge in [0.05, 0.1) is 10.6 Å². The van der Waals surface area contributed by atoms with Gasteiger partial charge in [0, 0.05) is 25.0 Å². The number of amides is 1. The van der Waals surface area contributed by atoms with Gasteiger partial charge >= 0.3 is 0 Å². The molecule has 2 N–H and O–H groups in total. The second-order valence-corrected chi connectivity index (χ2v) is 4.61. The summed E-state index contributed by atoms with van der Waals surface area (Å²) < 4.78 is 0. The van der Waals surface area contributed by atoms with Gasteiger partial charge in [-0.15, -0.1) is 0 Å². The topological polar surface area (TPSA) is 62.2 Å². The van der Waals surface area contributed by atoms with Crippen molar-refractivity contribution in [3.63, 3.8) is 0 Å². The van der Waals surface area contributed by atoms with Crippen molar-refractivity contribution >= 4 is 17.5 Å². The minimum atomic E-state index is -0.186. The van der Waals surface area contributed by atoms with Gasteiger partial charge in [-0.25, -0.2) is 0 Å². The SMILES string of the molecule is Cc1cc(Cl)c(C(=O)NCCCCCCO)cn1. The fourth-order valence-corrected chi connectivity index (χ4v) is 1.87. The second kappa shape index (κ2) is 8.06. The van der Waals surface area contributed by atoms with Gasteiger partial charge < -0.3 is 10.4 Å². The molecule has 1 aromatic rings. The smallest absolute Gasteiger partial charge is 0.254 e. The normalized spacial score (nSPS) is 10.4. The summed E-state index contributed by atoms with van der Waals surface area (Å²) in [6.45, 7) is 2.68. The predicted molar refractivity (Wildman–Crippen MR) is 71.9 cm³/mol. The summed E-state index contributed by atoms with van der Waals surface area (Å²) in [5.74, 6) is -0.186. The van der Waals surface area contributed by atoms with Gasteiger partial charge in [-0.2, -0.15) is 0 Å². The number of carbonyl (C=O) groups excluding carboxylic acids is 1. The molecule has 0 spiro atoms. The van der Waals surface area contributed by atoms with Crippen LogP contribution >= 0.6 is 11.6 Å². The lowest BCUT2D eigenvalue weighted by Crippen LogP contribution is -2.25. The lowest BCUT2D eigenvalue weighted by Gasteiger charge is -2.06. The third kappa shape index (κ3) is 5.02. The number of aryl methyl sites for hydroxylation is 1. The molecule has 1 rings (SSSR count).